The molecule has 0 bridgehead atoms. The van der Waals surface area contributed by atoms with Gasteiger partial charge in [0.25, 0.3) is 0 Å². The Hall–Kier alpha value is -7.90. The van der Waals surface area contributed by atoms with Crippen LogP contribution in [-0.4, -0.2) is 72.8 Å². The van der Waals surface area contributed by atoms with Gasteiger partial charge in [0.1, 0.15) is 24.3 Å². The second kappa shape index (κ2) is 19.6. The lowest BCUT2D eigenvalue weighted by molar-refractivity contribution is -0.138. The van der Waals surface area contributed by atoms with Gasteiger partial charge in [-0.05, 0) is 122 Å². The highest BCUT2D eigenvalue weighted by Gasteiger charge is 2.33. The van der Waals surface area contributed by atoms with Crippen LogP contribution in [0.15, 0.2) is 98.1 Å². The molecule has 0 radical (unpaired) electrons. The fourth-order valence-corrected chi connectivity index (χ4v) is 8.51. The number of methoxy groups -OCH3 is 2. The monoisotopic (exact) mass is 960 g/mol. The molecule has 0 N–H and O–H groups in total. The Balaban J connectivity index is 0.000000174. The van der Waals surface area contributed by atoms with E-state index in [-0.39, 0.29) is 11.8 Å². The molecule has 2 atom stereocenters. The SMILES string of the molecule is COc1cc(/C=C/c2nc3n(n2)CCC[C@@H]3c2ccc(C(F)(F)F)cc2)cnc1-n1cnc(C)c1.COc1cc(/C=C/c2nc3n(n2)CCC[C@H]3c2ccc(C(F)(F)F)cc2)cnc1-n1cnc(C)c1. The molecule has 20 heteroatoms. The van der Waals surface area contributed by atoms with Gasteiger partial charge >= 0.3 is 12.4 Å². The van der Waals surface area contributed by atoms with Crippen LogP contribution in [-0.2, 0) is 25.4 Å². The Kier molecular flexibility index (Phi) is 13.2. The average molecular weight is 961 g/mol. The van der Waals surface area contributed by atoms with Gasteiger partial charge in [0.05, 0.1) is 36.7 Å². The minimum absolute atomic E-state index is 0.0969. The minimum atomic E-state index is -4.35. The smallest absolute Gasteiger partial charge is 0.416 e. The van der Waals surface area contributed by atoms with Gasteiger partial charge in [-0.1, -0.05) is 24.3 Å². The van der Waals surface area contributed by atoms with E-state index in [0.717, 1.165) is 108 Å². The van der Waals surface area contributed by atoms with Crippen molar-refractivity contribution >= 4 is 24.3 Å². The van der Waals surface area contributed by atoms with Crippen molar-refractivity contribution in [3.63, 3.8) is 0 Å². The van der Waals surface area contributed by atoms with Crippen molar-refractivity contribution in [2.45, 2.75) is 76.8 Å². The molecule has 2 aliphatic rings. The van der Waals surface area contributed by atoms with Gasteiger partial charge < -0.3 is 9.47 Å². The van der Waals surface area contributed by atoms with E-state index in [2.05, 4.69) is 40.1 Å². The Morgan fingerprint density at radius 3 is 1.30 bits per heavy atom. The first-order valence-electron chi connectivity index (χ1n) is 22.3. The first-order valence-corrected chi connectivity index (χ1v) is 22.3. The molecule has 6 aromatic heterocycles. The topological polar surface area (TPSA) is 141 Å². The predicted octanol–water partition coefficient (Wildman–Crippen LogP) is 10.6. The number of imidazole rings is 2. The number of ether oxygens (including phenoxy) is 2. The van der Waals surface area contributed by atoms with Gasteiger partial charge in [0.2, 0.25) is 0 Å². The van der Waals surface area contributed by atoms with Crippen LogP contribution in [0.5, 0.6) is 11.5 Å². The number of hydrogen-bond donors (Lipinski definition) is 0. The molecule has 8 heterocycles. The van der Waals surface area contributed by atoms with Crippen LogP contribution in [0.2, 0.25) is 0 Å². The molecule has 14 nitrogen and oxygen atoms in total. The molecule has 0 fully saturated rings. The van der Waals surface area contributed by atoms with E-state index in [1.807, 2.05) is 59.9 Å². The Bertz CT molecular complexity index is 2950. The molecule has 8 aromatic rings. The van der Waals surface area contributed by atoms with Gasteiger partial charge in [-0.2, -0.15) is 36.5 Å². The van der Waals surface area contributed by atoms with Gasteiger partial charge in [-0.3, -0.25) is 9.13 Å². The Labute approximate surface area is 398 Å². The molecule has 0 spiro atoms. The standard InChI is InChI=1S/2C25H23F3N6O/c2*1-16-14-33(15-30-16)24-21(35-2)12-17(13-29-24)5-10-22-31-23-20(4-3-11-34(23)32-22)18-6-8-19(9-7-18)25(26,27)28/h2*5-10,12-15,20H,3-4,11H2,1-2H3/b2*10-5+/t2*20-/m10/s1. The number of rotatable bonds is 10. The number of aryl methyl sites for hydroxylation is 4. The summed E-state index contributed by atoms with van der Waals surface area (Å²) in [6, 6.07) is 14.4. The van der Waals surface area contributed by atoms with Crippen molar-refractivity contribution in [3.8, 4) is 23.1 Å². The van der Waals surface area contributed by atoms with E-state index < -0.39 is 23.5 Å². The van der Waals surface area contributed by atoms with Crippen LogP contribution in [0.3, 0.4) is 0 Å². The molecule has 0 saturated carbocycles. The number of hydrogen-bond acceptors (Lipinski definition) is 10. The highest BCUT2D eigenvalue weighted by atomic mass is 19.4. The van der Waals surface area contributed by atoms with Crippen LogP contribution >= 0.6 is 0 Å². The maximum atomic E-state index is 12.9. The van der Waals surface area contributed by atoms with Gasteiger partial charge in [-0.15, -0.1) is 0 Å². The third kappa shape index (κ3) is 10.4. The van der Waals surface area contributed by atoms with Crippen LogP contribution < -0.4 is 9.47 Å². The van der Waals surface area contributed by atoms with E-state index >= 15 is 0 Å². The first-order chi connectivity index (χ1) is 33.6. The number of alkyl halides is 6. The normalized spacial score (nSPS) is 16.0. The van der Waals surface area contributed by atoms with E-state index in [4.69, 9.17) is 9.47 Å². The number of fused-ring (bicyclic) bond motifs is 2. The van der Waals surface area contributed by atoms with E-state index in [0.29, 0.717) is 34.8 Å². The summed E-state index contributed by atoms with van der Waals surface area (Å²) in [4.78, 5) is 26.8. The Morgan fingerprint density at radius 2 is 0.957 bits per heavy atom. The summed E-state index contributed by atoms with van der Waals surface area (Å²) in [5, 5.41) is 9.17. The van der Waals surface area contributed by atoms with Crippen LogP contribution in [0, 0.1) is 13.8 Å². The summed E-state index contributed by atoms with van der Waals surface area (Å²) in [6.07, 6.45) is 12.5. The molecule has 70 heavy (non-hydrogen) atoms. The highest BCUT2D eigenvalue weighted by Crippen LogP contribution is 2.37. The highest BCUT2D eigenvalue weighted by molar-refractivity contribution is 5.69. The zero-order chi connectivity index (χ0) is 49.2. The van der Waals surface area contributed by atoms with Gasteiger partial charge in [-0.25, -0.2) is 39.3 Å². The third-order valence-corrected chi connectivity index (χ3v) is 12.0. The number of benzene rings is 2. The summed E-state index contributed by atoms with van der Waals surface area (Å²) in [7, 11) is 3.17. The predicted molar refractivity (Wildman–Crippen MR) is 248 cm³/mol. The van der Waals surface area contributed by atoms with E-state index in [1.54, 1.807) is 60.6 Å². The van der Waals surface area contributed by atoms with Crippen LogP contribution in [0.25, 0.3) is 35.9 Å². The third-order valence-electron chi connectivity index (χ3n) is 12.0. The molecular weight excluding hydrogens is 915 g/mol. The minimum Gasteiger partial charge on any atom is -0.493 e. The van der Waals surface area contributed by atoms with Crippen molar-refractivity contribution in [3.05, 3.63) is 166 Å². The fourth-order valence-electron chi connectivity index (χ4n) is 8.51. The molecule has 2 aliphatic heterocycles. The van der Waals surface area contributed by atoms with Crippen LogP contribution in [0.4, 0.5) is 26.3 Å². The zero-order valence-corrected chi connectivity index (χ0v) is 38.4. The summed E-state index contributed by atoms with van der Waals surface area (Å²) in [5.41, 5.74) is 3.69. The molecule has 0 amide bonds. The fraction of sp³-hybridized carbons (Fsp3) is 0.280. The number of aromatic nitrogens is 12. The van der Waals surface area contributed by atoms with Crippen molar-refractivity contribution in [1.82, 2.24) is 58.6 Å². The van der Waals surface area contributed by atoms with Gasteiger partial charge in [0, 0.05) is 49.7 Å². The molecule has 0 unspecified atom stereocenters. The second-order valence-corrected chi connectivity index (χ2v) is 16.8. The number of nitrogens with zero attached hydrogens (tertiary/aromatic N) is 12. The van der Waals surface area contributed by atoms with E-state index in [9.17, 15) is 26.3 Å². The van der Waals surface area contributed by atoms with Crippen molar-refractivity contribution in [2.24, 2.45) is 0 Å². The maximum Gasteiger partial charge on any atom is 0.416 e. The molecular formula is C50H46F6N12O2. The first kappa shape index (κ1) is 47.2. The average Bonchev–Trinajstić information content (AvgIpc) is 4.19. The number of halogens is 6. The van der Waals surface area contributed by atoms with Crippen LogP contribution in [0.1, 0.15) is 106 Å². The largest absolute Gasteiger partial charge is 0.493 e. The lowest BCUT2D eigenvalue weighted by Crippen LogP contribution is -2.18. The molecule has 10 rings (SSSR count). The molecule has 2 aromatic carbocycles. The molecule has 0 saturated heterocycles. The molecule has 360 valence electrons. The summed E-state index contributed by atoms with van der Waals surface area (Å²) in [5.74, 6) is 4.88. The maximum absolute atomic E-state index is 12.9. The van der Waals surface area contributed by atoms with Crippen molar-refractivity contribution in [2.75, 3.05) is 14.2 Å². The zero-order valence-electron chi connectivity index (χ0n) is 38.4. The number of pyridine rings is 2. The second-order valence-electron chi connectivity index (χ2n) is 16.8. The van der Waals surface area contributed by atoms with Crippen molar-refractivity contribution < 1.29 is 35.8 Å². The lowest BCUT2D eigenvalue weighted by Gasteiger charge is -2.22. The van der Waals surface area contributed by atoms with E-state index in [1.165, 1.54) is 24.3 Å². The lowest BCUT2D eigenvalue weighted by atomic mass is 9.90. The summed E-state index contributed by atoms with van der Waals surface area (Å²) >= 11 is 0. The molecule has 0 aliphatic carbocycles. The summed E-state index contributed by atoms with van der Waals surface area (Å²) < 4.78 is 95.9. The van der Waals surface area contributed by atoms with Crippen molar-refractivity contribution in [1.29, 1.82) is 0 Å². The summed E-state index contributed by atoms with van der Waals surface area (Å²) in [6.45, 7) is 5.25. The van der Waals surface area contributed by atoms with Gasteiger partial charge in [0.15, 0.2) is 34.8 Å². The Morgan fingerprint density at radius 1 is 0.557 bits per heavy atom. The quantitative estimate of drug-likeness (QED) is 0.122.